The van der Waals surface area contributed by atoms with E-state index in [0.717, 1.165) is 34.0 Å². The van der Waals surface area contributed by atoms with Crippen molar-refractivity contribution in [3.05, 3.63) is 69.9 Å². The summed E-state index contributed by atoms with van der Waals surface area (Å²) in [4.78, 5) is 16.8. The summed E-state index contributed by atoms with van der Waals surface area (Å²) in [7, 11) is 0. The summed E-state index contributed by atoms with van der Waals surface area (Å²) in [6.45, 7) is 5.99. The first-order valence-electron chi connectivity index (χ1n) is 8.83. The minimum absolute atomic E-state index is 0.278. The van der Waals surface area contributed by atoms with E-state index in [-0.39, 0.29) is 5.91 Å². The molecule has 29 heavy (non-hydrogen) atoms. The fourth-order valence-corrected chi connectivity index (χ4v) is 3.55. The second-order valence-electron chi connectivity index (χ2n) is 6.61. The zero-order valence-corrected chi connectivity index (χ0v) is 17.5. The van der Waals surface area contributed by atoms with Crippen LogP contribution in [-0.2, 0) is 0 Å². The summed E-state index contributed by atoms with van der Waals surface area (Å²) in [6, 6.07) is 12.8. The van der Waals surface area contributed by atoms with E-state index in [9.17, 15) is 4.79 Å². The average molecular weight is 425 g/mol. The van der Waals surface area contributed by atoms with Gasteiger partial charge in [0.25, 0.3) is 5.91 Å². The van der Waals surface area contributed by atoms with Crippen molar-refractivity contribution < 1.29 is 4.79 Å². The maximum Gasteiger partial charge on any atom is 0.257 e. The van der Waals surface area contributed by atoms with Crippen LogP contribution in [0.1, 0.15) is 27.2 Å². The molecule has 0 bridgehead atoms. The van der Waals surface area contributed by atoms with E-state index in [1.807, 2.05) is 20.8 Å². The van der Waals surface area contributed by atoms with Crippen LogP contribution in [0.5, 0.6) is 0 Å². The van der Waals surface area contributed by atoms with Gasteiger partial charge in [0.15, 0.2) is 11.5 Å². The van der Waals surface area contributed by atoms with E-state index >= 15 is 0 Å². The number of carbonyl (C=O) groups is 1. The van der Waals surface area contributed by atoms with Gasteiger partial charge in [-0.3, -0.25) is 10.1 Å². The van der Waals surface area contributed by atoms with Crippen molar-refractivity contribution in [3.63, 3.8) is 0 Å². The normalized spacial score (nSPS) is 10.9. The highest BCUT2D eigenvalue weighted by atomic mass is 35.5. The van der Waals surface area contributed by atoms with Crippen molar-refractivity contribution in [2.45, 2.75) is 20.8 Å². The molecule has 9 heteroatoms. The van der Waals surface area contributed by atoms with Crippen molar-refractivity contribution in [2.24, 2.45) is 0 Å². The second-order valence-corrected chi connectivity index (χ2v) is 7.80. The van der Waals surface area contributed by atoms with Crippen LogP contribution in [0.3, 0.4) is 0 Å². The summed E-state index contributed by atoms with van der Waals surface area (Å²) in [5, 5.41) is 12.3. The van der Waals surface area contributed by atoms with E-state index in [1.165, 1.54) is 0 Å². The van der Waals surface area contributed by atoms with Crippen molar-refractivity contribution in [1.29, 1.82) is 0 Å². The van der Waals surface area contributed by atoms with Crippen LogP contribution in [0, 0.1) is 20.8 Å². The third-order valence-electron chi connectivity index (χ3n) is 4.45. The first kappa shape index (κ1) is 19.2. The summed E-state index contributed by atoms with van der Waals surface area (Å²) in [6.07, 6.45) is 0. The molecule has 4 rings (SSSR count). The third-order valence-corrected chi connectivity index (χ3v) is 5.33. The fourth-order valence-electron chi connectivity index (χ4n) is 2.85. The lowest BCUT2D eigenvalue weighted by molar-refractivity contribution is 0.102. The molecule has 2 aromatic heterocycles. The molecule has 0 unspecified atom stereocenters. The van der Waals surface area contributed by atoms with E-state index < -0.39 is 0 Å². The van der Waals surface area contributed by atoms with E-state index in [2.05, 4.69) is 43.2 Å². The molecule has 0 aliphatic carbocycles. The molecule has 0 aliphatic heterocycles. The molecule has 146 valence electrons. The van der Waals surface area contributed by atoms with Gasteiger partial charge in [-0.2, -0.15) is 9.36 Å². The Balaban J connectivity index is 1.59. The third kappa shape index (κ3) is 3.90. The van der Waals surface area contributed by atoms with Gasteiger partial charge >= 0.3 is 0 Å². The molecule has 0 saturated carbocycles. The van der Waals surface area contributed by atoms with Gasteiger partial charge in [0, 0.05) is 22.1 Å². The number of halogens is 1. The van der Waals surface area contributed by atoms with Crippen LogP contribution < -0.4 is 5.32 Å². The predicted molar refractivity (Wildman–Crippen MR) is 114 cm³/mol. The van der Waals surface area contributed by atoms with Gasteiger partial charge in [-0.15, -0.1) is 5.10 Å². The Morgan fingerprint density at radius 1 is 1.10 bits per heavy atom. The molecule has 0 radical (unpaired) electrons. The highest BCUT2D eigenvalue weighted by molar-refractivity contribution is 7.10. The van der Waals surface area contributed by atoms with Crippen LogP contribution in [-0.4, -0.2) is 30.3 Å². The molecular weight excluding hydrogens is 408 g/mol. The number of nitrogens with zero attached hydrogens (tertiary/aromatic N) is 5. The van der Waals surface area contributed by atoms with Crippen molar-refractivity contribution >= 4 is 34.2 Å². The number of aryl methyl sites for hydroxylation is 2. The van der Waals surface area contributed by atoms with Crippen molar-refractivity contribution in [1.82, 2.24) is 24.4 Å². The zero-order valence-electron chi connectivity index (χ0n) is 16.0. The van der Waals surface area contributed by atoms with Crippen LogP contribution in [0.4, 0.5) is 5.13 Å². The van der Waals surface area contributed by atoms with Gasteiger partial charge in [0.2, 0.25) is 5.13 Å². The fraction of sp³-hybridized carbons (Fsp3) is 0.150. The largest absolute Gasteiger partial charge is 0.297 e. The highest BCUT2D eigenvalue weighted by Crippen LogP contribution is 2.25. The smallest absolute Gasteiger partial charge is 0.257 e. The van der Waals surface area contributed by atoms with Gasteiger partial charge in [0.1, 0.15) is 0 Å². The summed E-state index contributed by atoms with van der Waals surface area (Å²) in [5.74, 6) is 0.149. The molecule has 1 N–H and O–H groups in total. The zero-order chi connectivity index (χ0) is 20.5. The number of benzene rings is 2. The Morgan fingerprint density at radius 2 is 1.86 bits per heavy atom. The minimum atomic E-state index is -0.278. The summed E-state index contributed by atoms with van der Waals surface area (Å²) in [5.41, 5.74) is 5.09. The number of nitrogens with one attached hydrogen (secondary N) is 1. The summed E-state index contributed by atoms with van der Waals surface area (Å²) < 4.78 is 6.12. The lowest BCUT2D eigenvalue weighted by atomic mass is 10.1. The Bertz CT molecular complexity index is 1200. The Morgan fingerprint density at radius 3 is 2.62 bits per heavy atom. The average Bonchev–Trinajstić information content (AvgIpc) is 3.30. The lowest BCUT2D eigenvalue weighted by Crippen LogP contribution is -2.11. The molecular formula is C20H17ClN6OS. The number of carbonyl (C=O) groups excluding carboxylic acids is 1. The van der Waals surface area contributed by atoms with Gasteiger partial charge in [-0.25, -0.2) is 4.68 Å². The predicted octanol–water partition coefficient (Wildman–Crippen LogP) is 4.62. The van der Waals surface area contributed by atoms with E-state index in [4.69, 9.17) is 11.6 Å². The van der Waals surface area contributed by atoms with E-state index in [1.54, 1.807) is 28.9 Å². The standard InChI is InChI=1S/C20H17ClN6OS/c1-11-4-5-12(2)16(10-11)27-13(3)17(24-26-27)18-22-20(29-25-18)23-19(28)14-6-8-15(21)9-7-14/h4-10H,1-3H3,(H,22,23,25,28). The molecule has 0 atom stereocenters. The molecule has 1 amide bonds. The number of hydrogen-bond donors (Lipinski definition) is 1. The van der Waals surface area contributed by atoms with Gasteiger partial charge in [0.05, 0.1) is 11.4 Å². The van der Waals surface area contributed by atoms with Gasteiger partial charge in [-0.05, 0) is 62.2 Å². The Hall–Kier alpha value is -3.10. The molecule has 0 saturated heterocycles. The number of rotatable bonds is 4. The molecule has 0 spiro atoms. The first-order chi connectivity index (χ1) is 13.9. The molecule has 4 aromatic rings. The van der Waals surface area contributed by atoms with Crippen LogP contribution >= 0.6 is 23.1 Å². The lowest BCUT2D eigenvalue weighted by Gasteiger charge is -2.08. The van der Waals surface area contributed by atoms with Gasteiger partial charge in [-0.1, -0.05) is 28.9 Å². The quantitative estimate of drug-likeness (QED) is 0.516. The number of hydrogen-bond acceptors (Lipinski definition) is 6. The first-order valence-corrected chi connectivity index (χ1v) is 9.98. The summed E-state index contributed by atoms with van der Waals surface area (Å²) >= 11 is 6.95. The molecule has 2 aromatic carbocycles. The van der Waals surface area contributed by atoms with Crippen LogP contribution in [0.15, 0.2) is 42.5 Å². The highest BCUT2D eigenvalue weighted by Gasteiger charge is 2.18. The molecule has 2 heterocycles. The van der Waals surface area contributed by atoms with Crippen molar-refractivity contribution in [2.75, 3.05) is 5.32 Å². The maximum absolute atomic E-state index is 12.3. The van der Waals surface area contributed by atoms with E-state index in [0.29, 0.717) is 27.2 Å². The van der Waals surface area contributed by atoms with Crippen molar-refractivity contribution in [3.8, 4) is 17.2 Å². The van der Waals surface area contributed by atoms with Crippen LogP contribution in [0.2, 0.25) is 5.02 Å². The second kappa shape index (κ2) is 7.73. The monoisotopic (exact) mass is 424 g/mol. The van der Waals surface area contributed by atoms with Gasteiger partial charge < -0.3 is 0 Å². The SMILES string of the molecule is Cc1ccc(C)c(-n2nnc(-c3nsc(NC(=O)c4ccc(Cl)cc4)n3)c2C)c1. The number of anilines is 1. The molecule has 0 fully saturated rings. The Labute approximate surface area is 176 Å². The molecule has 7 nitrogen and oxygen atoms in total. The number of aromatic nitrogens is 5. The molecule has 0 aliphatic rings. The number of amides is 1. The Kier molecular flexibility index (Phi) is 5.12. The van der Waals surface area contributed by atoms with Crippen LogP contribution in [0.25, 0.3) is 17.2 Å². The topological polar surface area (TPSA) is 85.6 Å². The maximum atomic E-state index is 12.3. The minimum Gasteiger partial charge on any atom is -0.297 e.